The molecule has 1 unspecified atom stereocenters. The summed E-state index contributed by atoms with van der Waals surface area (Å²) in [6.45, 7) is 10.5. The molecular formula is C15H29NO. The van der Waals surface area contributed by atoms with Gasteiger partial charge in [0.1, 0.15) is 0 Å². The summed E-state index contributed by atoms with van der Waals surface area (Å²) in [5, 5.41) is 3.45. The summed E-state index contributed by atoms with van der Waals surface area (Å²) in [5.41, 5.74) is 0.964. The Bertz CT molecular complexity index is 267. The van der Waals surface area contributed by atoms with Crippen molar-refractivity contribution in [3.63, 3.8) is 0 Å². The zero-order valence-electron chi connectivity index (χ0n) is 12.2. The monoisotopic (exact) mass is 239 g/mol. The predicted molar refractivity (Wildman–Crippen MR) is 72.2 cm³/mol. The third-order valence-corrected chi connectivity index (χ3v) is 4.46. The molecule has 2 rings (SSSR count). The van der Waals surface area contributed by atoms with Gasteiger partial charge in [0.15, 0.2) is 0 Å². The first-order valence-corrected chi connectivity index (χ1v) is 7.07. The van der Waals surface area contributed by atoms with Crippen molar-refractivity contribution in [2.75, 3.05) is 13.7 Å². The molecule has 1 atom stereocenters. The minimum absolute atomic E-state index is 0.136. The van der Waals surface area contributed by atoms with Gasteiger partial charge in [-0.25, -0.2) is 0 Å². The van der Waals surface area contributed by atoms with E-state index in [0.717, 1.165) is 6.61 Å². The van der Waals surface area contributed by atoms with Crippen LogP contribution >= 0.6 is 0 Å². The molecule has 1 saturated heterocycles. The van der Waals surface area contributed by atoms with Gasteiger partial charge in [0.2, 0.25) is 0 Å². The van der Waals surface area contributed by atoms with Gasteiger partial charge in [-0.05, 0) is 50.0 Å². The van der Waals surface area contributed by atoms with Crippen LogP contribution in [-0.2, 0) is 4.74 Å². The van der Waals surface area contributed by atoms with E-state index in [1.807, 2.05) is 0 Å². The molecule has 1 N–H and O–H groups in total. The van der Waals surface area contributed by atoms with E-state index in [1.54, 1.807) is 0 Å². The first-order valence-electron chi connectivity index (χ1n) is 7.07. The fraction of sp³-hybridized carbons (Fsp3) is 1.00. The van der Waals surface area contributed by atoms with Gasteiger partial charge in [0.25, 0.3) is 0 Å². The van der Waals surface area contributed by atoms with E-state index in [1.165, 1.54) is 32.1 Å². The van der Waals surface area contributed by atoms with E-state index in [2.05, 4.69) is 40.1 Å². The molecular weight excluding hydrogens is 210 g/mol. The molecule has 17 heavy (non-hydrogen) atoms. The molecule has 1 saturated carbocycles. The van der Waals surface area contributed by atoms with Crippen molar-refractivity contribution in [3.8, 4) is 0 Å². The van der Waals surface area contributed by atoms with E-state index < -0.39 is 0 Å². The quantitative estimate of drug-likeness (QED) is 0.757. The smallest absolute Gasteiger partial charge is 0.0707 e. The lowest BCUT2D eigenvalue weighted by Gasteiger charge is -2.54. The van der Waals surface area contributed by atoms with E-state index in [4.69, 9.17) is 4.74 Å². The fourth-order valence-electron chi connectivity index (χ4n) is 4.75. The number of ether oxygens (including phenoxy) is 1. The molecule has 2 fully saturated rings. The van der Waals surface area contributed by atoms with E-state index in [-0.39, 0.29) is 5.60 Å². The molecule has 1 heterocycles. The second kappa shape index (κ2) is 4.24. The Kier molecular flexibility index (Phi) is 3.33. The molecule has 0 bridgehead atoms. The molecule has 2 aliphatic rings. The first-order chi connectivity index (χ1) is 7.76. The molecule has 0 radical (unpaired) electrons. The molecule has 1 spiro atoms. The summed E-state index contributed by atoms with van der Waals surface area (Å²) in [5.74, 6) is 0. The van der Waals surface area contributed by atoms with Gasteiger partial charge in [-0.2, -0.15) is 0 Å². The highest BCUT2D eigenvalue weighted by Gasteiger charge is 2.49. The standard InChI is InChI=1S/C15H29NO/c1-13(2)9-14(3,4)11-15(10-13)8-12(16-5)6-7-17-15/h12,16H,6-11H2,1-5H3. The lowest BCUT2D eigenvalue weighted by atomic mass is 9.58. The van der Waals surface area contributed by atoms with E-state index in [0.29, 0.717) is 16.9 Å². The Balaban J connectivity index is 2.18. The van der Waals surface area contributed by atoms with Gasteiger partial charge in [-0.15, -0.1) is 0 Å². The van der Waals surface area contributed by atoms with Crippen molar-refractivity contribution in [2.45, 2.75) is 71.4 Å². The Hall–Kier alpha value is -0.0800. The largest absolute Gasteiger partial charge is 0.375 e. The average molecular weight is 239 g/mol. The van der Waals surface area contributed by atoms with Gasteiger partial charge in [0, 0.05) is 12.6 Å². The van der Waals surface area contributed by atoms with Crippen LogP contribution in [0.2, 0.25) is 0 Å². The highest BCUT2D eigenvalue weighted by molar-refractivity contribution is 5.02. The summed E-state index contributed by atoms with van der Waals surface area (Å²) in [7, 11) is 2.09. The molecule has 1 aliphatic heterocycles. The van der Waals surface area contributed by atoms with Crippen LogP contribution in [-0.4, -0.2) is 25.3 Å². The van der Waals surface area contributed by atoms with Crippen molar-refractivity contribution in [1.82, 2.24) is 5.32 Å². The average Bonchev–Trinajstić information content (AvgIpc) is 2.11. The number of hydrogen-bond acceptors (Lipinski definition) is 2. The number of nitrogens with one attached hydrogen (secondary N) is 1. The summed E-state index contributed by atoms with van der Waals surface area (Å²) < 4.78 is 6.27. The molecule has 0 aromatic heterocycles. The summed E-state index contributed by atoms with van der Waals surface area (Å²) in [6.07, 6.45) is 6.12. The van der Waals surface area contributed by atoms with Crippen LogP contribution < -0.4 is 5.32 Å². The Morgan fingerprint density at radius 1 is 1.00 bits per heavy atom. The van der Waals surface area contributed by atoms with Gasteiger partial charge in [0.05, 0.1) is 5.60 Å². The van der Waals surface area contributed by atoms with Crippen molar-refractivity contribution >= 4 is 0 Å². The zero-order valence-corrected chi connectivity index (χ0v) is 12.2. The topological polar surface area (TPSA) is 21.3 Å². The van der Waals surface area contributed by atoms with Crippen LogP contribution in [0.15, 0.2) is 0 Å². The molecule has 1 aliphatic carbocycles. The van der Waals surface area contributed by atoms with Gasteiger partial charge in [-0.1, -0.05) is 27.7 Å². The van der Waals surface area contributed by atoms with Crippen LogP contribution in [0, 0.1) is 10.8 Å². The highest BCUT2D eigenvalue weighted by Crippen LogP contribution is 2.53. The SMILES string of the molecule is CNC1CCOC2(C1)CC(C)(C)CC(C)(C)C2. The van der Waals surface area contributed by atoms with E-state index >= 15 is 0 Å². The summed E-state index contributed by atoms with van der Waals surface area (Å²) in [6, 6.07) is 0.647. The highest BCUT2D eigenvalue weighted by atomic mass is 16.5. The molecule has 2 heteroatoms. The lowest BCUT2D eigenvalue weighted by molar-refractivity contribution is -0.158. The fourth-order valence-corrected chi connectivity index (χ4v) is 4.75. The first kappa shape index (κ1) is 13.4. The van der Waals surface area contributed by atoms with Crippen LogP contribution in [0.1, 0.15) is 59.8 Å². The lowest BCUT2D eigenvalue weighted by Crippen LogP contribution is -2.53. The third kappa shape index (κ3) is 3.03. The minimum atomic E-state index is 0.136. The summed E-state index contributed by atoms with van der Waals surface area (Å²) in [4.78, 5) is 0. The van der Waals surface area contributed by atoms with Crippen LogP contribution in [0.25, 0.3) is 0 Å². The number of hydrogen-bond donors (Lipinski definition) is 1. The Morgan fingerprint density at radius 2 is 1.59 bits per heavy atom. The van der Waals surface area contributed by atoms with Gasteiger partial charge in [-0.3, -0.25) is 0 Å². The van der Waals surface area contributed by atoms with Crippen molar-refractivity contribution < 1.29 is 4.74 Å². The maximum Gasteiger partial charge on any atom is 0.0707 e. The molecule has 100 valence electrons. The van der Waals surface area contributed by atoms with Crippen molar-refractivity contribution in [1.29, 1.82) is 0 Å². The third-order valence-electron chi connectivity index (χ3n) is 4.46. The zero-order chi connectivity index (χ0) is 12.7. The van der Waals surface area contributed by atoms with Crippen molar-refractivity contribution in [3.05, 3.63) is 0 Å². The summed E-state index contributed by atoms with van der Waals surface area (Å²) >= 11 is 0. The molecule has 2 nitrogen and oxygen atoms in total. The predicted octanol–water partition coefficient (Wildman–Crippen LogP) is 3.36. The Morgan fingerprint density at radius 3 is 2.12 bits per heavy atom. The Labute approximate surface area is 107 Å². The van der Waals surface area contributed by atoms with Gasteiger partial charge >= 0.3 is 0 Å². The minimum Gasteiger partial charge on any atom is -0.375 e. The maximum absolute atomic E-state index is 6.27. The molecule has 0 aromatic carbocycles. The van der Waals surface area contributed by atoms with Crippen LogP contribution in [0.4, 0.5) is 0 Å². The van der Waals surface area contributed by atoms with Gasteiger partial charge < -0.3 is 10.1 Å². The van der Waals surface area contributed by atoms with Crippen LogP contribution in [0.5, 0.6) is 0 Å². The molecule has 0 aromatic rings. The number of rotatable bonds is 1. The second-order valence-corrected chi connectivity index (χ2v) is 7.87. The maximum atomic E-state index is 6.27. The second-order valence-electron chi connectivity index (χ2n) is 7.87. The normalized spacial score (nSPS) is 34.8. The van der Waals surface area contributed by atoms with E-state index in [9.17, 15) is 0 Å². The van der Waals surface area contributed by atoms with Crippen LogP contribution in [0.3, 0.4) is 0 Å². The van der Waals surface area contributed by atoms with Crippen molar-refractivity contribution in [2.24, 2.45) is 10.8 Å². The molecule has 0 amide bonds.